The van der Waals surface area contributed by atoms with Crippen LogP contribution in [0.4, 0.5) is 4.39 Å². The summed E-state index contributed by atoms with van der Waals surface area (Å²) in [6.45, 7) is 5.77. The Morgan fingerprint density at radius 2 is 1.67 bits per heavy atom. The molecule has 0 spiro atoms. The Morgan fingerprint density at radius 3 is 2.13 bits per heavy atom. The second kappa shape index (κ2) is 4.28. The summed E-state index contributed by atoms with van der Waals surface area (Å²) in [6, 6.07) is 2.51. The number of nitrogens with two attached hydrogens (primary N) is 1. The molecule has 0 bridgehead atoms. The Labute approximate surface area is 99.4 Å². The van der Waals surface area contributed by atoms with Crippen molar-refractivity contribution in [3.8, 4) is 0 Å². The summed E-state index contributed by atoms with van der Waals surface area (Å²) in [5.41, 5.74) is 5.98. The molecule has 1 atom stereocenters. The van der Waals surface area contributed by atoms with Crippen molar-refractivity contribution in [3.63, 3.8) is 0 Å². The molecule has 0 aliphatic heterocycles. The third kappa shape index (κ3) is 2.63. The monoisotopic (exact) mass is 249 g/mol. The highest BCUT2D eigenvalue weighted by atomic mass is 35.5. The lowest BCUT2D eigenvalue weighted by Gasteiger charge is -2.28. The Hall–Kier alpha value is -0.310. The van der Waals surface area contributed by atoms with Gasteiger partial charge in [-0.1, -0.05) is 44.0 Å². The van der Waals surface area contributed by atoms with Crippen LogP contribution in [0.1, 0.15) is 32.4 Å². The second-order valence-electron chi connectivity index (χ2n) is 4.60. The van der Waals surface area contributed by atoms with Gasteiger partial charge in [-0.3, -0.25) is 0 Å². The van der Waals surface area contributed by atoms with E-state index in [0.717, 1.165) is 0 Å². The largest absolute Gasteiger partial charge is 0.323 e. The number of benzene rings is 1. The number of halogens is 3. The van der Waals surface area contributed by atoms with Crippen LogP contribution in [0.3, 0.4) is 0 Å². The first kappa shape index (κ1) is 12.8. The van der Waals surface area contributed by atoms with Gasteiger partial charge >= 0.3 is 0 Å². The molecule has 0 aliphatic carbocycles. The minimum atomic E-state index is -0.522. The fraction of sp³-hybridized carbons (Fsp3) is 0.455. The van der Waals surface area contributed by atoms with Crippen molar-refractivity contribution >= 4 is 23.2 Å². The van der Waals surface area contributed by atoms with Gasteiger partial charge in [-0.25, -0.2) is 4.39 Å². The molecule has 0 radical (unpaired) electrons. The minimum Gasteiger partial charge on any atom is -0.323 e. The number of hydrogen-bond acceptors (Lipinski definition) is 1. The summed E-state index contributed by atoms with van der Waals surface area (Å²) >= 11 is 11.6. The van der Waals surface area contributed by atoms with E-state index in [0.29, 0.717) is 5.02 Å². The molecule has 1 nitrogen and oxygen atoms in total. The van der Waals surface area contributed by atoms with Crippen molar-refractivity contribution in [2.75, 3.05) is 0 Å². The molecule has 0 aliphatic rings. The van der Waals surface area contributed by atoms with Crippen LogP contribution in [0.25, 0.3) is 0 Å². The average molecular weight is 250 g/mol. The lowest BCUT2D eigenvalue weighted by atomic mass is 9.83. The van der Waals surface area contributed by atoms with Crippen molar-refractivity contribution in [2.24, 2.45) is 11.1 Å². The van der Waals surface area contributed by atoms with E-state index in [1.54, 1.807) is 6.07 Å². The molecule has 0 aromatic heterocycles. The molecule has 84 valence electrons. The van der Waals surface area contributed by atoms with Crippen LogP contribution in [0, 0.1) is 11.2 Å². The summed E-state index contributed by atoms with van der Waals surface area (Å²) in [5.74, 6) is -0.522. The molecule has 1 aromatic rings. The van der Waals surface area contributed by atoms with E-state index in [9.17, 15) is 4.39 Å². The second-order valence-corrected chi connectivity index (χ2v) is 5.41. The summed E-state index contributed by atoms with van der Waals surface area (Å²) in [7, 11) is 0. The lowest BCUT2D eigenvalue weighted by Crippen LogP contribution is -2.27. The predicted molar refractivity (Wildman–Crippen MR) is 62.8 cm³/mol. The average Bonchev–Trinajstić information content (AvgIpc) is 2.10. The van der Waals surface area contributed by atoms with Crippen molar-refractivity contribution in [2.45, 2.75) is 26.8 Å². The molecule has 1 rings (SSSR count). The summed E-state index contributed by atoms with van der Waals surface area (Å²) in [4.78, 5) is 0. The van der Waals surface area contributed by atoms with Gasteiger partial charge in [0, 0.05) is 16.6 Å². The van der Waals surface area contributed by atoms with Crippen LogP contribution in [-0.2, 0) is 0 Å². The topological polar surface area (TPSA) is 26.0 Å². The lowest BCUT2D eigenvalue weighted by molar-refractivity contribution is 0.319. The Morgan fingerprint density at radius 1 is 1.20 bits per heavy atom. The highest BCUT2D eigenvalue weighted by Crippen LogP contribution is 2.37. The zero-order valence-corrected chi connectivity index (χ0v) is 10.5. The molecule has 0 heterocycles. The normalized spacial score (nSPS) is 14.1. The third-order valence-corrected chi connectivity index (χ3v) is 2.94. The first-order valence-electron chi connectivity index (χ1n) is 4.64. The van der Waals surface area contributed by atoms with E-state index in [-0.39, 0.29) is 16.0 Å². The zero-order valence-electron chi connectivity index (χ0n) is 8.94. The molecule has 15 heavy (non-hydrogen) atoms. The van der Waals surface area contributed by atoms with E-state index in [4.69, 9.17) is 28.9 Å². The van der Waals surface area contributed by atoms with E-state index >= 15 is 0 Å². The molecular weight excluding hydrogens is 236 g/mol. The first-order valence-corrected chi connectivity index (χ1v) is 5.39. The maximum absolute atomic E-state index is 13.7. The molecular formula is C11H14Cl2FN. The van der Waals surface area contributed by atoms with Crippen LogP contribution >= 0.6 is 23.2 Å². The van der Waals surface area contributed by atoms with E-state index < -0.39 is 11.9 Å². The van der Waals surface area contributed by atoms with Crippen LogP contribution < -0.4 is 5.73 Å². The molecule has 2 N–H and O–H groups in total. The smallest absolute Gasteiger partial charge is 0.148 e. The van der Waals surface area contributed by atoms with Crippen molar-refractivity contribution in [1.29, 1.82) is 0 Å². The summed E-state index contributed by atoms with van der Waals surface area (Å²) < 4.78 is 13.7. The maximum Gasteiger partial charge on any atom is 0.148 e. The van der Waals surface area contributed by atoms with Gasteiger partial charge in [-0.2, -0.15) is 0 Å². The van der Waals surface area contributed by atoms with E-state index in [1.807, 2.05) is 20.8 Å². The molecule has 4 heteroatoms. The van der Waals surface area contributed by atoms with Gasteiger partial charge in [0.25, 0.3) is 0 Å². The van der Waals surface area contributed by atoms with Gasteiger partial charge in [0.1, 0.15) is 5.82 Å². The van der Waals surface area contributed by atoms with Gasteiger partial charge < -0.3 is 5.73 Å². The number of rotatable bonds is 1. The highest BCUT2D eigenvalue weighted by molar-refractivity contribution is 6.33. The van der Waals surface area contributed by atoms with Gasteiger partial charge in [-0.15, -0.1) is 0 Å². The fourth-order valence-corrected chi connectivity index (χ4v) is 1.69. The SMILES string of the molecule is CC(C)(C)[C@H](N)c1c(Cl)ccc(Cl)c1F. The molecule has 0 amide bonds. The quantitative estimate of drug-likeness (QED) is 0.743. The zero-order chi connectivity index (χ0) is 11.8. The van der Waals surface area contributed by atoms with Crippen LogP contribution in [0.5, 0.6) is 0 Å². The maximum atomic E-state index is 13.7. The van der Waals surface area contributed by atoms with Crippen LogP contribution in [0.15, 0.2) is 12.1 Å². The first-order chi connectivity index (χ1) is 6.75. The molecule has 0 saturated heterocycles. The van der Waals surface area contributed by atoms with E-state index in [2.05, 4.69) is 0 Å². The van der Waals surface area contributed by atoms with Crippen molar-refractivity contribution in [1.82, 2.24) is 0 Å². The Kier molecular flexibility index (Phi) is 3.64. The Bertz CT molecular complexity index is 372. The predicted octanol–water partition coefficient (Wildman–Crippen LogP) is 4.18. The van der Waals surface area contributed by atoms with Gasteiger partial charge in [-0.05, 0) is 17.5 Å². The van der Waals surface area contributed by atoms with Crippen molar-refractivity contribution < 1.29 is 4.39 Å². The Balaban J connectivity index is 3.31. The van der Waals surface area contributed by atoms with Crippen molar-refractivity contribution in [3.05, 3.63) is 33.6 Å². The summed E-state index contributed by atoms with van der Waals surface area (Å²) in [6.07, 6.45) is 0. The molecule has 0 saturated carbocycles. The summed E-state index contributed by atoms with van der Waals surface area (Å²) in [5, 5.41) is 0.369. The molecule has 0 fully saturated rings. The van der Waals surface area contributed by atoms with Gasteiger partial charge in [0.15, 0.2) is 0 Å². The molecule has 1 aromatic carbocycles. The van der Waals surface area contributed by atoms with Gasteiger partial charge in [0.2, 0.25) is 0 Å². The van der Waals surface area contributed by atoms with Crippen LogP contribution in [0.2, 0.25) is 10.0 Å². The van der Waals surface area contributed by atoms with E-state index in [1.165, 1.54) is 6.07 Å². The molecule has 0 unspecified atom stereocenters. The third-order valence-electron chi connectivity index (χ3n) is 2.32. The minimum absolute atomic E-state index is 0.0501. The van der Waals surface area contributed by atoms with Crippen LogP contribution in [-0.4, -0.2) is 0 Å². The number of hydrogen-bond donors (Lipinski definition) is 1. The fourth-order valence-electron chi connectivity index (χ4n) is 1.26. The standard InChI is InChI=1S/C11H14Cl2FN/c1-11(2,3)10(15)8-6(12)4-5-7(13)9(8)14/h4-5,10H,15H2,1-3H3/t10-/m1/s1. The van der Waals surface area contributed by atoms with Gasteiger partial charge in [0.05, 0.1) is 5.02 Å². The highest BCUT2D eigenvalue weighted by Gasteiger charge is 2.27.